The van der Waals surface area contributed by atoms with Crippen LogP contribution in [0.3, 0.4) is 0 Å². The molecule has 2 heterocycles. The normalized spacial score (nSPS) is 13.0. The molecule has 0 fully saturated rings. The van der Waals surface area contributed by atoms with Crippen LogP contribution in [0, 0.1) is 0 Å². The Kier molecular flexibility index (Phi) is 3.09. The molecule has 0 spiro atoms. The summed E-state index contributed by atoms with van der Waals surface area (Å²) in [6.07, 6.45) is 1.84. The number of benzene rings is 2. The van der Waals surface area contributed by atoms with Gasteiger partial charge in [-0.05, 0) is 6.07 Å². The molecule has 0 saturated heterocycles. The van der Waals surface area contributed by atoms with Gasteiger partial charge in [-0.2, -0.15) is 0 Å². The van der Waals surface area contributed by atoms with Crippen LogP contribution in [0.5, 0.6) is 0 Å². The number of para-hydroxylation sites is 1. The van der Waals surface area contributed by atoms with Crippen molar-refractivity contribution in [1.29, 1.82) is 0 Å². The first-order valence-electron chi connectivity index (χ1n) is 7.33. The van der Waals surface area contributed by atoms with Gasteiger partial charge in [0.05, 0.1) is 29.8 Å². The van der Waals surface area contributed by atoms with Crippen LogP contribution in [-0.2, 0) is 13.1 Å². The van der Waals surface area contributed by atoms with Gasteiger partial charge in [0.25, 0.3) is 0 Å². The SMILES string of the molecule is NCc1cnc2n1-c1ccccc1C(c1ccccc1)=NC2. The second-order valence-electron chi connectivity index (χ2n) is 5.25. The molecule has 4 heteroatoms. The third-order valence-corrected chi connectivity index (χ3v) is 3.94. The molecule has 4 nitrogen and oxygen atoms in total. The summed E-state index contributed by atoms with van der Waals surface area (Å²) < 4.78 is 2.13. The molecule has 3 aromatic rings. The predicted octanol–water partition coefficient (Wildman–Crippen LogP) is 2.68. The van der Waals surface area contributed by atoms with Gasteiger partial charge in [0.2, 0.25) is 0 Å². The van der Waals surface area contributed by atoms with Crippen LogP contribution in [-0.4, -0.2) is 15.3 Å². The number of aromatic nitrogens is 2. The number of imidazole rings is 1. The number of hydrogen-bond acceptors (Lipinski definition) is 3. The maximum absolute atomic E-state index is 5.87. The van der Waals surface area contributed by atoms with E-state index in [9.17, 15) is 0 Å². The summed E-state index contributed by atoms with van der Waals surface area (Å²) in [4.78, 5) is 9.31. The van der Waals surface area contributed by atoms with E-state index in [-0.39, 0.29) is 0 Å². The van der Waals surface area contributed by atoms with Gasteiger partial charge in [-0.1, -0.05) is 48.5 Å². The van der Waals surface area contributed by atoms with Crippen LogP contribution >= 0.6 is 0 Å². The van der Waals surface area contributed by atoms with E-state index in [1.807, 2.05) is 36.5 Å². The first-order valence-corrected chi connectivity index (χ1v) is 7.33. The van der Waals surface area contributed by atoms with Crippen molar-refractivity contribution in [3.63, 3.8) is 0 Å². The maximum atomic E-state index is 5.87. The number of nitrogens with zero attached hydrogens (tertiary/aromatic N) is 3. The molecule has 0 saturated carbocycles. The molecule has 1 aliphatic rings. The minimum Gasteiger partial charge on any atom is -0.325 e. The van der Waals surface area contributed by atoms with E-state index in [1.54, 1.807) is 0 Å². The summed E-state index contributed by atoms with van der Waals surface area (Å²) in [5.41, 5.74) is 11.2. The lowest BCUT2D eigenvalue weighted by atomic mass is 10.0. The first-order chi connectivity index (χ1) is 10.9. The number of hydrogen-bond donors (Lipinski definition) is 1. The summed E-state index contributed by atoms with van der Waals surface area (Å²) in [5.74, 6) is 0.929. The van der Waals surface area contributed by atoms with Gasteiger partial charge in [0.15, 0.2) is 0 Å². The van der Waals surface area contributed by atoms with E-state index in [4.69, 9.17) is 10.7 Å². The van der Waals surface area contributed by atoms with E-state index in [0.29, 0.717) is 13.1 Å². The topological polar surface area (TPSA) is 56.2 Å². The van der Waals surface area contributed by atoms with Crippen LogP contribution < -0.4 is 5.73 Å². The van der Waals surface area contributed by atoms with Crippen LogP contribution in [0.15, 0.2) is 65.8 Å². The Hall–Kier alpha value is -2.72. The molecule has 1 aliphatic heterocycles. The summed E-state index contributed by atoms with van der Waals surface area (Å²) in [7, 11) is 0. The van der Waals surface area contributed by atoms with Gasteiger partial charge in [0, 0.05) is 17.7 Å². The first kappa shape index (κ1) is 13.0. The second-order valence-corrected chi connectivity index (χ2v) is 5.25. The lowest BCUT2D eigenvalue weighted by Crippen LogP contribution is -2.10. The van der Waals surface area contributed by atoms with Crippen LogP contribution in [0.2, 0.25) is 0 Å². The van der Waals surface area contributed by atoms with Crippen LogP contribution in [0.1, 0.15) is 22.6 Å². The van der Waals surface area contributed by atoms with Crippen molar-refractivity contribution in [2.45, 2.75) is 13.1 Å². The Labute approximate surface area is 129 Å². The zero-order valence-corrected chi connectivity index (χ0v) is 12.1. The molecule has 1 aromatic heterocycles. The Morgan fingerprint density at radius 2 is 1.77 bits per heavy atom. The van der Waals surface area contributed by atoms with Crippen molar-refractivity contribution < 1.29 is 0 Å². The second kappa shape index (κ2) is 5.24. The predicted molar refractivity (Wildman–Crippen MR) is 87.2 cm³/mol. The molecule has 0 unspecified atom stereocenters. The molecule has 108 valence electrons. The zero-order chi connectivity index (χ0) is 14.9. The molecule has 0 bridgehead atoms. The van der Waals surface area contributed by atoms with Gasteiger partial charge in [-0.25, -0.2) is 4.98 Å². The molecule has 4 rings (SSSR count). The minimum atomic E-state index is 0.460. The largest absolute Gasteiger partial charge is 0.325 e. The van der Waals surface area contributed by atoms with Crippen LogP contribution in [0.25, 0.3) is 5.69 Å². The number of fused-ring (bicyclic) bond motifs is 3. The highest BCUT2D eigenvalue weighted by molar-refractivity contribution is 6.15. The highest BCUT2D eigenvalue weighted by atomic mass is 15.1. The molecule has 0 radical (unpaired) electrons. The summed E-state index contributed by atoms with van der Waals surface area (Å²) in [5, 5.41) is 0. The Morgan fingerprint density at radius 1 is 1.00 bits per heavy atom. The van der Waals surface area contributed by atoms with Crippen molar-refractivity contribution in [3.05, 3.63) is 83.4 Å². The van der Waals surface area contributed by atoms with E-state index in [1.165, 1.54) is 0 Å². The highest BCUT2D eigenvalue weighted by Crippen LogP contribution is 2.26. The fraction of sp³-hybridized carbons (Fsp3) is 0.111. The van der Waals surface area contributed by atoms with E-state index in [0.717, 1.165) is 34.0 Å². The molecule has 0 atom stereocenters. The average molecular weight is 288 g/mol. The van der Waals surface area contributed by atoms with Crippen molar-refractivity contribution in [2.75, 3.05) is 0 Å². The monoisotopic (exact) mass is 288 g/mol. The Balaban J connectivity index is 1.97. The van der Waals surface area contributed by atoms with Crippen molar-refractivity contribution in [3.8, 4) is 5.69 Å². The molecule has 22 heavy (non-hydrogen) atoms. The number of aliphatic imine (C=N–C) groups is 1. The van der Waals surface area contributed by atoms with Crippen molar-refractivity contribution >= 4 is 5.71 Å². The Bertz CT molecular complexity index is 847. The minimum absolute atomic E-state index is 0.460. The summed E-state index contributed by atoms with van der Waals surface area (Å²) in [6, 6.07) is 18.6. The fourth-order valence-electron chi connectivity index (χ4n) is 2.93. The highest BCUT2D eigenvalue weighted by Gasteiger charge is 2.20. The van der Waals surface area contributed by atoms with Gasteiger partial charge in [-0.15, -0.1) is 0 Å². The average Bonchev–Trinajstić information content (AvgIpc) is 2.92. The summed E-state index contributed by atoms with van der Waals surface area (Å²) >= 11 is 0. The van der Waals surface area contributed by atoms with E-state index >= 15 is 0 Å². The van der Waals surface area contributed by atoms with Gasteiger partial charge < -0.3 is 5.73 Å². The fourth-order valence-corrected chi connectivity index (χ4v) is 2.93. The standard InChI is InChI=1S/C18H16N4/c19-10-14-11-20-17-12-21-18(13-6-2-1-3-7-13)15-8-4-5-9-16(15)22(14)17/h1-9,11H,10,12,19H2. The third kappa shape index (κ3) is 1.96. The van der Waals surface area contributed by atoms with Gasteiger partial charge in [0.1, 0.15) is 5.82 Å². The third-order valence-electron chi connectivity index (χ3n) is 3.94. The molecule has 2 N–H and O–H groups in total. The Morgan fingerprint density at radius 3 is 2.59 bits per heavy atom. The smallest absolute Gasteiger partial charge is 0.135 e. The molecular formula is C18H16N4. The number of nitrogens with two attached hydrogens (primary N) is 1. The van der Waals surface area contributed by atoms with Gasteiger partial charge >= 0.3 is 0 Å². The molecule has 2 aromatic carbocycles. The molecule has 0 aliphatic carbocycles. The van der Waals surface area contributed by atoms with E-state index < -0.39 is 0 Å². The molecule has 0 amide bonds. The lowest BCUT2D eigenvalue weighted by molar-refractivity contribution is 0.833. The number of rotatable bonds is 2. The summed E-state index contributed by atoms with van der Waals surface area (Å²) in [6.45, 7) is 1.01. The van der Waals surface area contributed by atoms with Crippen LogP contribution in [0.4, 0.5) is 0 Å². The van der Waals surface area contributed by atoms with E-state index in [2.05, 4.69) is 33.8 Å². The quantitative estimate of drug-likeness (QED) is 0.788. The van der Waals surface area contributed by atoms with Crippen molar-refractivity contribution in [2.24, 2.45) is 10.7 Å². The van der Waals surface area contributed by atoms with Crippen molar-refractivity contribution in [1.82, 2.24) is 9.55 Å². The van der Waals surface area contributed by atoms with Gasteiger partial charge in [-0.3, -0.25) is 9.56 Å². The lowest BCUT2D eigenvalue weighted by Gasteiger charge is -2.13. The molecular weight excluding hydrogens is 272 g/mol. The zero-order valence-electron chi connectivity index (χ0n) is 12.1. The maximum Gasteiger partial charge on any atom is 0.135 e.